The van der Waals surface area contributed by atoms with E-state index in [1.807, 2.05) is 26.8 Å². The summed E-state index contributed by atoms with van der Waals surface area (Å²) in [6.07, 6.45) is 14.9. The van der Waals surface area contributed by atoms with Crippen LogP contribution in [0.25, 0.3) is 0 Å². The van der Waals surface area contributed by atoms with Crippen LogP contribution >= 0.6 is 13.5 Å². The Labute approximate surface area is 293 Å². The number of nitrogens with zero attached hydrogens (tertiary/aromatic N) is 3. The molecular weight excluding hydrogens is 647 g/mol. The molecule has 2 aromatic rings. The van der Waals surface area contributed by atoms with Gasteiger partial charge in [0.2, 0.25) is 11.6 Å². The Balaban J connectivity index is 0.000000241. The molecule has 0 saturated carbocycles. The van der Waals surface area contributed by atoms with Crippen molar-refractivity contribution in [1.29, 1.82) is 0 Å². The number of carbonyl (C=O) groups excluding carboxylic acids is 2. The highest BCUT2D eigenvalue weighted by molar-refractivity contribution is 7.87. The number of rotatable bonds is 18. The average Bonchev–Trinajstić information content (AvgIpc) is 3.91. The van der Waals surface area contributed by atoms with Crippen LogP contribution in [0.2, 0.25) is 0 Å². The van der Waals surface area contributed by atoms with E-state index in [-0.39, 0.29) is 35.7 Å². The zero-order valence-electron chi connectivity index (χ0n) is 28.4. The SMILES string of the molecule is CCCCCCCCCCCCc1ccccc1S(=O)(=O)Oc1ccc(OC)cc1.O=C1C=C(N2CC2)C(=O)C(N2CC2)=C1N1CC1.S. The third kappa shape index (κ3) is 10.5. The molecule has 48 heavy (non-hydrogen) atoms. The lowest BCUT2D eigenvalue weighted by molar-refractivity contribution is -0.117. The molecule has 0 N–H and O–H groups in total. The van der Waals surface area contributed by atoms with Crippen LogP contribution in [0.3, 0.4) is 0 Å². The van der Waals surface area contributed by atoms with Crippen molar-refractivity contribution >= 4 is 35.2 Å². The van der Waals surface area contributed by atoms with Crippen LogP contribution in [0.4, 0.5) is 0 Å². The molecule has 9 nitrogen and oxygen atoms in total. The minimum Gasteiger partial charge on any atom is -0.497 e. The Kier molecular flexibility index (Phi) is 13.9. The van der Waals surface area contributed by atoms with E-state index >= 15 is 0 Å². The third-order valence-electron chi connectivity index (χ3n) is 8.79. The standard InChI is InChI=1S/C25H36O4S.C12H13N3O2.H2S/c1-3-4-5-6-7-8-9-10-11-12-15-22-16-13-14-17-25(22)30(26,27)29-24-20-18-23(28-2)19-21-24;16-9-7-8(13-1-2-13)12(17)11(15-5-6-15)10(9)14-3-4-14;/h13-14,16-21H,3-12,15H2,1-2H3;7H,1-6H2;1H2. The minimum atomic E-state index is -3.87. The molecule has 262 valence electrons. The zero-order chi connectivity index (χ0) is 33.2. The number of carbonyl (C=O) groups is 2. The van der Waals surface area contributed by atoms with Crippen LogP contribution in [-0.4, -0.2) is 81.1 Å². The second kappa shape index (κ2) is 17.8. The van der Waals surface area contributed by atoms with Crippen LogP contribution in [0.15, 0.2) is 76.6 Å². The first-order valence-corrected chi connectivity index (χ1v) is 18.7. The smallest absolute Gasteiger partial charge is 0.339 e. The number of unbranched alkanes of at least 4 members (excludes halogenated alkanes) is 9. The van der Waals surface area contributed by atoms with Gasteiger partial charge in [0, 0.05) is 45.3 Å². The van der Waals surface area contributed by atoms with Gasteiger partial charge in [-0.2, -0.15) is 21.9 Å². The fourth-order valence-corrected chi connectivity index (χ4v) is 7.03. The van der Waals surface area contributed by atoms with Gasteiger partial charge in [-0.3, -0.25) is 9.59 Å². The summed E-state index contributed by atoms with van der Waals surface area (Å²) in [4.78, 5) is 30.7. The van der Waals surface area contributed by atoms with E-state index in [9.17, 15) is 18.0 Å². The van der Waals surface area contributed by atoms with Gasteiger partial charge in [-0.15, -0.1) is 0 Å². The summed E-state index contributed by atoms with van der Waals surface area (Å²) in [6, 6.07) is 13.7. The van der Waals surface area contributed by atoms with Gasteiger partial charge in [0.1, 0.15) is 27.8 Å². The largest absolute Gasteiger partial charge is 0.497 e. The number of allylic oxidation sites excluding steroid dienone is 1. The molecular formula is C37H51N3O6S2. The molecule has 0 atom stereocenters. The molecule has 2 aromatic carbocycles. The summed E-state index contributed by atoms with van der Waals surface area (Å²) in [6.45, 7) is 7.65. The maximum absolute atomic E-state index is 12.8. The lowest BCUT2D eigenvalue weighted by atomic mass is 10.0. The first-order valence-electron chi connectivity index (χ1n) is 17.3. The molecule has 6 rings (SSSR count). The van der Waals surface area contributed by atoms with Gasteiger partial charge in [0.05, 0.1) is 12.8 Å². The van der Waals surface area contributed by atoms with Crippen LogP contribution in [0.1, 0.15) is 76.7 Å². The van der Waals surface area contributed by atoms with Crippen molar-refractivity contribution in [1.82, 2.24) is 14.7 Å². The van der Waals surface area contributed by atoms with Crippen molar-refractivity contribution in [3.05, 3.63) is 77.3 Å². The normalized spacial score (nSPS) is 16.5. The number of hydrogen-bond donors (Lipinski definition) is 0. The van der Waals surface area contributed by atoms with Crippen molar-refractivity contribution in [3.63, 3.8) is 0 Å². The van der Waals surface area contributed by atoms with Crippen molar-refractivity contribution in [3.8, 4) is 11.5 Å². The highest BCUT2D eigenvalue weighted by Crippen LogP contribution is 2.34. The highest BCUT2D eigenvalue weighted by Gasteiger charge is 2.43. The maximum atomic E-state index is 12.8. The predicted octanol–water partition coefficient (Wildman–Crippen LogP) is 6.22. The average molecular weight is 698 g/mol. The summed E-state index contributed by atoms with van der Waals surface area (Å²) >= 11 is 0. The third-order valence-corrected chi connectivity index (χ3v) is 10.1. The first-order chi connectivity index (χ1) is 22.8. The number of methoxy groups -OCH3 is 1. The van der Waals surface area contributed by atoms with E-state index in [0.717, 1.165) is 64.1 Å². The lowest BCUT2D eigenvalue weighted by Crippen LogP contribution is -2.29. The van der Waals surface area contributed by atoms with E-state index in [0.29, 0.717) is 22.8 Å². The molecule has 3 heterocycles. The Bertz CT molecular complexity index is 1560. The first kappa shape index (κ1) is 37.4. The minimum absolute atomic E-state index is 0. The molecule has 3 saturated heterocycles. The number of ether oxygens (including phenoxy) is 1. The van der Waals surface area contributed by atoms with Crippen molar-refractivity contribution in [2.24, 2.45) is 0 Å². The number of hydrogen-bond acceptors (Lipinski definition) is 9. The monoisotopic (exact) mass is 697 g/mol. The van der Waals surface area contributed by atoms with Crippen LogP contribution < -0.4 is 8.92 Å². The molecule has 0 aromatic heterocycles. The van der Waals surface area contributed by atoms with Gasteiger partial charge in [-0.05, 0) is 48.7 Å². The Morgan fingerprint density at radius 2 is 1.19 bits per heavy atom. The fraction of sp³-hybridized carbons (Fsp3) is 0.514. The van der Waals surface area contributed by atoms with Gasteiger partial charge < -0.3 is 23.6 Å². The quantitative estimate of drug-likeness (QED) is 0.0779. The molecule has 11 heteroatoms. The molecule has 3 fully saturated rings. The summed E-state index contributed by atoms with van der Waals surface area (Å²) in [7, 11) is -2.30. The Hall–Kier alpha value is -3.44. The zero-order valence-corrected chi connectivity index (χ0v) is 30.2. The number of aryl methyl sites for hydroxylation is 1. The van der Waals surface area contributed by atoms with Gasteiger partial charge in [-0.1, -0.05) is 82.9 Å². The van der Waals surface area contributed by atoms with Gasteiger partial charge in [0.15, 0.2) is 0 Å². The molecule has 0 bridgehead atoms. The van der Waals surface area contributed by atoms with E-state index in [2.05, 4.69) is 6.92 Å². The van der Waals surface area contributed by atoms with Crippen LogP contribution in [0.5, 0.6) is 11.5 Å². The van der Waals surface area contributed by atoms with E-state index in [4.69, 9.17) is 8.92 Å². The van der Waals surface area contributed by atoms with Crippen molar-refractivity contribution < 1.29 is 26.9 Å². The summed E-state index contributed by atoms with van der Waals surface area (Å²) in [5.74, 6) is 0.984. The molecule has 0 spiro atoms. The molecule has 4 aliphatic rings. The maximum Gasteiger partial charge on any atom is 0.339 e. The predicted molar refractivity (Wildman–Crippen MR) is 193 cm³/mol. The topological polar surface area (TPSA) is 95.8 Å². The Morgan fingerprint density at radius 3 is 1.75 bits per heavy atom. The summed E-state index contributed by atoms with van der Waals surface area (Å²) in [5.41, 5.74) is 2.71. The summed E-state index contributed by atoms with van der Waals surface area (Å²) < 4.78 is 36.1. The van der Waals surface area contributed by atoms with Crippen molar-refractivity contribution in [2.75, 3.05) is 46.4 Å². The van der Waals surface area contributed by atoms with Crippen LogP contribution in [-0.2, 0) is 26.1 Å². The van der Waals surface area contributed by atoms with E-state index in [1.165, 1.54) is 57.4 Å². The molecule has 1 aliphatic carbocycles. The van der Waals surface area contributed by atoms with Crippen LogP contribution in [0, 0.1) is 0 Å². The van der Waals surface area contributed by atoms with E-state index in [1.54, 1.807) is 43.5 Å². The number of ketones is 2. The molecule has 3 aliphatic heterocycles. The van der Waals surface area contributed by atoms with Gasteiger partial charge >= 0.3 is 10.1 Å². The van der Waals surface area contributed by atoms with Crippen molar-refractivity contribution in [2.45, 2.75) is 82.4 Å². The molecule has 0 radical (unpaired) electrons. The number of benzene rings is 2. The van der Waals surface area contributed by atoms with E-state index < -0.39 is 10.1 Å². The molecule has 0 amide bonds. The second-order valence-corrected chi connectivity index (χ2v) is 14.1. The molecule has 0 unspecified atom stereocenters. The second-order valence-electron chi connectivity index (χ2n) is 12.6. The Morgan fingerprint density at radius 1 is 0.667 bits per heavy atom. The number of Topliss-reactive ketones (excluding diaryl/α,β-unsaturated/α-hetero) is 1. The summed E-state index contributed by atoms with van der Waals surface area (Å²) in [5, 5.41) is 0. The van der Waals surface area contributed by atoms with Gasteiger partial charge in [-0.25, -0.2) is 0 Å². The fourth-order valence-electron chi connectivity index (χ4n) is 5.84. The van der Waals surface area contributed by atoms with Gasteiger partial charge in [0.25, 0.3) is 0 Å². The highest BCUT2D eigenvalue weighted by atomic mass is 32.2. The lowest BCUT2D eigenvalue weighted by Gasteiger charge is -2.21.